The summed E-state index contributed by atoms with van der Waals surface area (Å²) in [6.45, 7) is 2.64. The predicted molar refractivity (Wildman–Crippen MR) is 100 cm³/mol. The fourth-order valence-corrected chi connectivity index (χ4v) is 2.81. The Balaban J connectivity index is 1.66. The van der Waals surface area contributed by atoms with Gasteiger partial charge in [-0.1, -0.05) is 18.2 Å². The Morgan fingerprint density at radius 3 is 2.59 bits per heavy atom. The van der Waals surface area contributed by atoms with Crippen molar-refractivity contribution in [3.63, 3.8) is 0 Å². The molecule has 1 heterocycles. The standard InChI is InChI=1S/C20H22N2O5/c1-14(23)22(12-15-5-3-4-6-17(15)25-2)13-20(24)21-16-7-8-18-19(11-16)27-10-9-26-18/h3-8,11H,9-10,12-13H2,1-2H3,(H,21,24). The maximum absolute atomic E-state index is 12.4. The molecule has 0 atom stereocenters. The first-order chi connectivity index (χ1) is 13.1. The summed E-state index contributed by atoms with van der Waals surface area (Å²) in [7, 11) is 1.57. The number of para-hydroxylation sites is 1. The van der Waals surface area contributed by atoms with Gasteiger partial charge in [-0.3, -0.25) is 9.59 Å². The van der Waals surface area contributed by atoms with Gasteiger partial charge in [0.05, 0.1) is 7.11 Å². The van der Waals surface area contributed by atoms with Gasteiger partial charge in [0.2, 0.25) is 11.8 Å². The van der Waals surface area contributed by atoms with Crippen molar-refractivity contribution in [1.82, 2.24) is 4.90 Å². The van der Waals surface area contributed by atoms with Gasteiger partial charge in [0.15, 0.2) is 11.5 Å². The Morgan fingerprint density at radius 1 is 1.11 bits per heavy atom. The van der Waals surface area contributed by atoms with Gasteiger partial charge in [-0.2, -0.15) is 0 Å². The van der Waals surface area contributed by atoms with E-state index in [-0.39, 0.29) is 24.9 Å². The highest BCUT2D eigenvalue weighted by Gasteiger charge is 2.17. The minimum absolute atomic E-state index is 0.0676. The number of anilines is 1. The van der Waals surface area contributed by atoms with Crippen LogP contribution < -0.4 is 19.5 Å². The van der Waals surface area contributed by atoms with Crippen molar-refractivity contribution < 1.29 is 23.8 Å². The van der Waals surface area contributed by atoms with Crippen LogP contribution in [0.1, 0.15) is 12.5 Å². The molecule has 0 spiro atoms. The quantitative estimate of drug-likeness (QED) is 0.845. The number of fused-ring (bicyclic) bond motifs is 1. The molecule has 7 heteroatoms. The molecule has 0 fully saturated rings. The molecule has 0 saturated carbocycles. The van der Waals surface area contributed by atoms with E-state index < -0.39 is 0 Å². The number of nitrogens with one attached hydrogen (secondary N) is 1. The molecule has 0 aromatic heterocycles. The van der Waals surface area contributed by atoms with Crippen molar-refractivity contribution in [3.8, 4) is 17.2 Å². The second kappa shape index (κ2) is 8.44. The van der Waals surface area contributed by atoms with Gasteiger partial charge in [-0.05, 0) is 18.2 Å². The van der Waals surface area contributed by atoms with Crippen LogP contribution in [-0.2, 0) is 16.1 Å². The molecule has 27 heavy (non-hydrogen) atoms. The zero-order valence-electron chi connectivity index (χ0n) is 15.4. The van der Waals surface area contributed by atoms with Crippen molar-refractivity contribution in [2.45, 2.75) is 13.5 Å². The van der Waals surface area contributed by atoms with E-state index in [0.717, 1.165) is 5.56 Å². The first-order valence-corrected chi connectivity index (χ1v) is 8.63. The van der Waals surface area contributed by atoms with Crippen LogP contribution >= 0.6 is 0 Å². The molecule has 2 amide bonds. The Kier molecular flexibility index (Phi) is 5.80. The SMILES string of the molecule is COc1ccccc1CN(CC(=O)Nc1ccc2c(c1)OCCO2)C(C)=O. The predicted octanol–water partition coefficient (Wildman–Crippen LogP) is 2.45. The maximum atomic E-state index is 12.4. The average Bonchev–Trinajstić information content (AvgIpc) is 2.67. The van der Waals surface area contributed by atoms with Gasteiger partial charge in [-0.25, -0.2) is 0 Å². The minimum Gasteiger partial charge on any atom is -0.496 e. The Morgan fingerprint density at radius 2 is 1.85 bits per heavy atom. The number of carbonyl (C=O) groups is 2. The summed E-state index contributed by atoms with van der Waals surface area (Å²) in [6, 6.07) is 12.6. The van der Waals surface area contributed by atoms with Crippen molar-refractivity contribution in [3.05, 3.63) is 48.0 Å². The molecule has 0 bridgehead atoms. The van der Waals surface area contributed by atoms with Gasteiger partial charge in [-0.15, -0.1) is 0 Å². The number of nitrogens with zero attached hydrogens (tertiary/aromatic N) is 1. The molecular weight excluding hydrogens is 348 g/mol. The van der Waals surface area contributed by atoms with Gasteiger partial charge in [0.25, 0.3) is 0 Å². The summed E-state index contributed by atoms with van der Waals surface area (Å²) in [4.78, 5) is 25.9. The molecular formula is C20H22N2O5. The van der Waals surface area contributed by atoms with Crippen LogP contribution in [0.2, 0.25) is 0 Å². The van der Waals surface area contributed by atoms with Crippen LogP contribution in [0.15, 0.2) is 42.5 Å². The molecule has 1 aliphatic heterocycles. The number of amides is 2. The lowest BCUT2D eigenvalue weighted by Crippen LogP contribution is -2.36. The second-order valence-corrected chi connectivity index (χ2v) is 6.09. The minimum atomic E-state index is -0.295. The molecule has 2 aromatic rings. The Hall–Kier alpha value is -3.22. The van der Waals surface area contributed by atoms with E-state index in [1.807, 2.05) is 24.3 Å². The fourth-order valence-electron chi connectivity index (χ4n) is 2.81. The number of ether oxygens (including phenoxy) is 3. The molecule has 1 N–H and O–H groups in total. The lowest BCUT2D eigenvalue weighted by molar-refractivity contribution is -0.133. The summed E-state index contributed by atoms with van der Waals surface area (Å²) in [6.07, 6.45) is 0. The number of rotatable bonds is 6. The zero-order chi connectivity index (χ0) is 19.2. The van der Waals surface area contributed by atoms with E-state index in [1.165, 1.54) is 11.8 Å². The highest BCUT2D eigenvalue weighted by Crippen LogP contribution is 2.32. The summed E-state index contributed by atoms with van der Waals surface area (Å²) < 4.78 is 16.3. The molecule has 0 aliphatic carbocycles. The molecule has 0 radical (unpaired) electrons. The fraction of sp³-hybridized carbons (Fsp3) is 0.300. The van der Waals surface area contributed by atoms with Crippen LogP contribution in [0.4, 0.5) is 5.69 Å². The van der Waals surface area contributed by atoms with E-state index in [0.29, 0.717) is 36.1 Å². The highest BCUT2D eigenvalue weighted by molar-refractivity contribution is 5.94. The van der Waals surface area contributed by atoms with Crippen molar-refractivity contribution >= 4 is 17.5 Å². The molecule has 0 saturated heterocycles. The average molecular weight is 370 g/mol. The first-order valence-electron chi connectivity index (χ1n) is 8.63. The number of benzene rings is 2. The molecule has 3 rings (SSSR count). The van der Waals surface area contributed by atoms with Crippen LogP contribution in [0.25, 0.3) is 0 Å². The van der Waals surface area contributed by atoms with Gasteiger partial charge in [0, 0.05) is 30.8 Å². The number of carbonyl (C=O) groups excluding carboxylic acids is 2. The molecule has 2 aromatic carbocycles. The third kappa shape index (κ3) is 4.69. The van der Waals surface area contributed by atoms with E-state index in [2.05, 4.69) is 5.32 Å². The highest BCUT2D eigenvalue weighted by atomic mass is 16.6. The van der Waals surface area contributed by atoms with Crippen molar-refractivity contribution in [2.75, 3.05) is 32.2 Å². The molecule has 142 valence electrons. The van der Waals surface area contributed by atoms with E-state index in [1.54, 1.807) is 25.3 Å². The van der Waals surface area contributed by atoms with Crippen LogP contribution in [-0.4, -0.2) is 43.6 Å². The molecule has 7 nitrogen and oxygen atoms in total. The van der Waals surface area contributed by atoms with Crippen LogP contribution in [0.5, 0.6) is 17.2 Å². The third-order valence-electron chi connectivity index (χ3n) is 4.16. The Bertz CT molecular complexity index is 837. The number of hydrogen-bond acceptors (Lipinski definition) is 5. The van der Waals surface area contributed by atoms with Gasteiger partial charge < -0.3 is 24.4 Å². The third-order valence-corrected chi connectivity index (χ3v) is 4.16. The van der Waals surface area contributed by atoms with E-state index in [9.17, 15) is 9.59 Å². The lowest BCUT2D eigenvalue weighted by atomic mass is 10.2. The monoisotopic (exact) mass is 370 g/mol. The van der Waals surface area contributed by atoms with Gasteiger partial charge in [0.1, 0.15) is 25.5 Å². The zero-order valence-corrected chi connectivity index (χ0v) is 15.4. The summed E-state index contributed by atoms with van der Waals surface area (Å²) in [5.74, 6) is 1.43. The van der Waals surface area contributed by atoms with E-state index >= 15 is 0 Å². The van der Waals surface area contributed by atoms with Gasteiger partial charge >= 0.3 is 0 Å². The first kappa shape index (κ1) is 18.6. The van der Waals surface area contributed by atoms with Crippen molar-refractivity contribution in [2.24, 2.45) is 0 Å². The van der Waals surface area contributed by atoms with Crippen LogP contribution in [0, 0.1) is 0 Å². The summed E-state index contributed by atoms with van der Waals surface area (Å²) in [5.41, 5.74) is 1.42. The largest absolute Gasteiger partial charge is 0.496 e. The lowest BCUT2D eigenvalue weighted by Gasteiger charge is -2.22. The molecule has 1 aliphatic rings. The Labute approximate surface area is 157 Å². The smallest absolute Gasteiger partial charge is 0.244 e. The summed E-state index contributed by atoms with van der Waals surface area (Å²) >= 11 is 0. The molecule has 0 unspecified atom stereocenters. The topological polar surface area (TPSA) is 77.1 Å². The van der Waals surface area contributed by atoms with Crippen LogP contribution in [0.3, 0.4) is 0 Å². The summed E-state index contributed by atoms with van der Waals surface area (Å²) in [5, 5.41) is 2.79. The maximum Gasteiger partial charge on any atom is 0.244 e. The number of hydrogen-bond donors (Lipinski definition) is 1. The van der Waals surface area contributed by atoms with E-state index in [4.69, 9.17) is 14.2 Å². The normalized spacial score (nSPS) is 12.2. The second-order valence-electron chi connectivity index (χ2n) is 6.09. The van der Waals surface area contributed by atoms with Crippen molar-refractivity contribution in [1.29, 1.82) is 0 Å². The number of methoxy groups -OCH3 is 1.